The largest absolute Gasteiger partial charge is 0.347 e. The lowest BCUT2D eigenvalue weighted by Crippen LogP contribution is -2.37. The Morgan fingerprint density at radius 3 is 2.93 bits per heavy atom. The van der Waals surface area contributed by atoms with Crippen molar-refractivity contribution >= 4 is 0 Å². The van der Waals surface area contributed by atoms with Crippen LogP contribution in [0.5, 0.6) is 0 Å². The quantitative estimate of drug-likeness (QED) is 0.552. The van der Waals surface area contributed by atoms with Crippen molar-refractivity contribution in [2.75, 3.05) is 13.2 Å². The predicted octanol–water partition coefficient (Wildman–Crippen LogP) is 2.50. The summed E-state index contributed by atoms with van der Waals surface area (Å²) in [6, 6.07) is 0. The fraction of sp³-hybridized carbons (Fsp3) is 0.833. The normalized spacial score (nSPS) is 39.9. The van der Waals surface area contributed by atoms with E-state index in [9.17, 15) is 0 Å². The van der Waals surface area contributed by atoms with E-state index in [1.165, 1.54) is 12.8 Å². The third-order valence-electron chi connectivity index (χ3n) is 4.08. The summed E-state index contributed by atoms with van der Waals surface area (Å²) in [6.45, 7) is 3.84. The molecule has 0 amide bonds. The van der Waals surface area contributed by atoms with Gasteiger partial charge >= 0.3 is 0 Å². The van der Waals surface area contributed by atoms with Crippen LogP contribution in [0.25, 0.3) is 0 Å². The lowest BCUT2D eigenvalue weighted by Gasteiger charge is -2.34. The zero-order valence-corrected chi connectivity index (χ0v) is 8.79. The monoisotopic (exact) mass is 194 g/mol. The molecule has 0 aromatic rings. The molecule has 1 saturated carbocycles. The Balaban J connectivity index is 1.85. The summed E-state index contributed by atoms with van der Waals surface area (Å²) in [5, 5.41) is 0. The standard InChI is InChI=1S/C12H18O2/c1-9-2-3-11-10(8-9)4-5-12(11)13-6-7-14-12/h2,10-11H,3-8H2,1H3. The number of hydrogen-bond donors (Lipinski definition) is 0. The Kier molecular flexibility index (Phi) is 1.96. The van der Waals surface area contributed by atoms with Gasteiger partial charge in [0, 0.05) is 12.3 Å². The number of fused-ring (bicyclic) bond motifs is 2. The van der Waals surface area contributed by atoms with Crippen LogP contribution in [0.1, 0.15) is 32.6 Å². The molecule has 2 aliphatic carbocycles. The van der Waals surface area contributed by atoms with Gasteiger partial charge < -0.3 is 9.47 Å². The van der Waals surface area contributed by atoms with E-state index >= 15 is 0 Å². The molecule has 3 rings (SSSR count). The van der Waals surface area contributed by atoms with Crippen molar-refractivity contribution in [1.29, 1.82) is 0 Å². The van der Waals surface area contributed by atoms with Crippen LogP contribution in [-0.2, 0) is 9.47 Å². The zero-order valence-electron chi connectivity index (χ0n) is 8.79. The average molecular weight is 194 g/mol. The summed E-state index contributed by atoms with van der Waals surface area (Å²) in [6.07, 6.45) is 7.20. The number of hydrogen-bond acceptors (Lipinski definition) is 2. The van der Waals surface area contributed by atoms with Gasteiger partial charge in [-0.15, -0.1) is 0 Å². The average Bonchev–Trinajstić information content (AvgIpc) is 2.77. The van der Waals surface area contributed by atoms with Crippen LogP contribution in [0.4, 0.5) is 0 Å². The highest BCUT2D eigenvalue weighted by Gasteiger charge is 2.52. The smallest absolute Gasteiger partial charge is 0.171 e. The van der Waals surface area contributed by atoms with Gasteiger partial charge in [0.05, 0.1) is 13.2 Å². The minimum absolute atomic E-state index is 0.179. The maximum Gasteiger partial charge on any atom is 0.171 e. The van der Waals surface area contributed by atoms with Gasteiger partial charge in [-0.2, -0.15) is 0 Å². The lowest BCUT2D eigenvalue weighted by atomic mass is 9.80. The highest BCUT2D eigenvalue weighted by molar-refractivity contribution is 5.11. The molecule has 3 aliphatic rings. The minimum Gasteiger partial charge on any atom is -0.347 e. The maximum absolute atomic E-state index is 5.85. The fourth-order valence-electron chi connectivity index (χ4n) is 3.40. The van der Waals surface area contributed by atoms with E-state index in [0.29, 0.717) is 5.92 Å². The van der Waals surface area contributed by atoms with E-state index in [0.717, 1.165) is 32.0 Å². The summed E-state index contributed by atoms with van der Waals surface area (Å²) in [5.41, 5.74) is 1.56. The van der Waals surface area contributed by atoms with Crippen LogP contribution >= 0.6 is 0 Å². The molecule has 1 spiro atoms. The fourth-order valence-corrected chi connectivity index (χ4v) is 3.40. The molecule has 0 aromatic carbocycles. The van der Waals surface area contributed by atoms with E-state index in [1.807, 2.05) is 0 Å². The van der Waals surface area contributed by atoms with E-state index < -0.39 is 0 Å². The van der Waals surface area contributed by atoms with Crippen molar-refractivity contribution in [1.82, 2.24) is 0 Å². The topological polar surface area (TPSA) is 18.5 Å². The summed E-state index contributed by atoms with van der Waals surface area (Å²) in [4.78, 5) is 0. The van der Waals surface area contributed by atoms with Crippen molar-refractivity contribution < 1.29 is 9.47 Å². The molecular weight excluding hydrogens is 176 g/mol. The molecule has 0 aromatic heterocycles. The number of rotatable bonds is 0. The van der Waals surface area contributed by atoms with Gasteiger partial charge in [-0.05, 0) is 32.1 Å². The molecular formula is C12H18O2. The molecule has 0 N–H and O–H groups in total. The first-order valence-corrected chi connectivity index (χ1v) is 5.74. The highest BCUT2D eigenvalue weighted by Crippen LogP contribution is 2.51. The maximum atomic E-state index is 5.85. The van der Waals surface area contributed by atoms with Crippen LogP contribution in [0.3, 0.4) is 0 Å². The first-order valence-electron chi connectivity index (χ1n) is 5.74. The molecule has 1 aliphatic heterocycles. The third-order valence-corrected chi connectivity index (χ3v) is 4.08. The molecule has 0 radical (unpaired) electrons. The zero-order chi connectivity index (χ0) is 9.60. The van der Waals surface area contributed by atoms with Crippen molar-refractivity contribution in [3.63, 3.8) is 0 Å². The summed E-state index contributed by atoms with van der Waals surface area (Å²) >= 11 is 0. The van der Waals surface area contributed by atoms with E-state index in [2.05, 4.69) is 13.0 Å². The SMILES string of the molecule is CC1=CCC2C(CCC23OCCO3)C1. The van der Waals surface area contributed by atoms with Gasteiger partial charge in [-0.3, -0.25) is 0 Å². The van der Waals surface area contributed by atoms with Crippen molar-refractivity contribution in [2.45, 2.75) is 38.4 Å². The van der Waals surface area contributed by atoms with Crippen LogP contribution in [0, 0.1) is 11.8 Å². The highest BCUT2D eigenvalue weighted by atomic mass is 16.7. The lowest BCUT2D eigenvalue weighted by molar-refractivity contribution is -0.186. The second-order valence-electron chi connectivity index (χ2n) is 4.90. The van der Waals surface area contributed by atoms with Crippen LogP contribution in [0.15, 0.2) is 11.6 Å². The van der Waals surface area contributed by atoms with E-state index in [4.69, 9.17) is 9.47 Å². The first kappa shape index (κ1) is 8.93. The van der Waals surface area contributed by atoms with Gasteiger partial charge in [0.15, 0.2) is 5.79 Å². The summed E-state index contributed by atoms with van der Waals surface area (Å²) in [7, 11) is 0. The molecule has 2 atom stereocenters. The Labute approximate surface area is 85.3 Å². The van der Waals surface area contributed by atoms with Gasteiger partial charge in [-0.1, -0.05) is 11.6 Å². The Morgan fingerprint density at radius 1 is 1.36 bits per heavy atom. The van der Waals surface area contributed by atoms with E-state index in [1.54, 1.807) is 5.57 Å². The molecule has 2 heteroatoms. The second-order valence-corrected chi connectivity index (χ2v) is 4.90. The third kappa shape index (κ3) is 1.17. The summed E-state index contributed by atoms with van der Waals surface area (Å²) < 4.78 is 11.7. The number of ether oxygens (including phenoxy) is 2. The van der Waals surface area contributed by atoms with Crippen molar-refractivity contribution in [2.24, 2.45) is 11.8 Å². The molecule has 1 heterocycles. The Morgan fingerprint density at radius 2 is 2.14 bits per heavy atom. The van der Waals surface area contributed by atoms with Gasteiger partial charge in [0.1, 0.15) is 0 Å². The van der Waals surface area contributed by atoms with Gasteiger partial charge in [-0.25, -0.2) is 0 Å². The van der Waals surface area contributed by atoms with Crippen LogP contribution < -0.4 is 0 Å². The molecule has 78 valence electrons. The van der Waals surface area contributed by atoms with Gasteiger partial charge in [0.2, 0.25) is 0 Å². The molecule has 2 nitrogen and oxygen atoms in total. The molecule has 2 fully saturated rings. The Hall–Kier alpha value is -0.340. The molecule has 1 saturated heterocycles. The van der Waals surface area contributed by atoms with Crippen molar-refractivity contribution in [3.8, 4) is 0 Å². The first-order chi connectivity index (χ1) is 6.80. The minimum atomic E-state index is -0.179. The predicted molar refractivity (Wildman–Crippen MR) is 53.8 cm³/mol. The summed E-state index contributed by atoms with van der Waals surface area (Å²) in [5.74, 6) is 1.27. The van der Waals surface area contributed by atoms with Crippen LogP contribution in [-0.4, -0.2) is 19.0 Å². The molecule has 14 heavy (non-hydrogen) atoms. The number of allylic oxidation sites excluding steroid dienone is 2. The molecule has 0 bridgehead atoms. The van der Waals surface area contributed by atoms with Gasteiger partial charge in [0.25, 0.3) is 0 Å². The van der Waals surface area contributed by atoms with Crippen molar-refractivity contribution in [3.05, 3.63) is 11.6 Å². The molecule has 2 unspecified atom stereocenters. The van der Waals surface area contributed by atoms with Crippen LogP contribution in [0.2, 0.25) is 0 Å². The van der Waals surface area contributed by atoms with E-state index in [-0.39, 0.29) is 5.79 Å². The second kappa shape index (κ2) is 3.07. The Bertz CT molecular complexity index is 263.